The van der Waals surface area contributed by atoms with E-state index in [1.165, 1.54) is 13.0 Å². The summed E-state index contributed by atoms with van der Waals surface area (Å²) in [6.45, 7) is 1.42. The van der Waals surface area contributed by atoms with Gasteiger partial charge < -0.3 is 5.32 Å². The van der Waals surface area contributed by atoms with Crippen LogP contribution in [0.5, 0.6) is 0 Å². The summed E-state index contributed by atoms with van der Waals surface area (Å²) in [6.07, 6.45) is 0. The van der Waals surface area contributed by atoms with Crippen molar-refractivity contribution in [2.75, 3.05) is 5.32 Å². The third-order valence-corrected chi connectivity index (χ3v) is 7.30. The minimum Gasteiger partial charge on any atom is -0.321 e. The Labute approximate surface area is 197 Å². The molecule has 4 N–H and O–H groups in total. The number of nitrogens with one attached hydrogen (secondary N) is 1. The highest BCUT2D eigenvalue weighted by molar-refractivity contribution is 7.87. The van der Waals surface area contributed by atoms with Crippen LogP contribution in [-0.4, -0.2) is 49.7 Å². The molecule has 0 aromatic heterocycles. The molecule has 17 heteroatoms. The Morgan fingerprint density at radius 1 is 0.857 bits per heavy atom. The van der Waals surface area contributed by atoms with E-state index in [4.69, 9.17) is 0 Å². The van der Waals surface area contributed by atoms with Crippen LogP contribution < -0.4 is 5.32 Å². The number of nitro groups is 1. The molecule has 3 rings (SSSR count). The maximum absolute atomic E-state index is 12.9. The Hall–Kier alpha value is -3.48. The van der Waals surface area contributed by atoms with Crippen LogP contribution >= 0.6 is 0 Å². The molecule has 14 nitrogen and oxygen atoms in total. The van der Waals surface area contributed by atoms with E-state index in [0.29, 0.717) is 24.3 Å². The molecule has 1 amide bonds. The summed E-state index contributed by atoms with van der Waals surface area (Å²) < 4.78 is 99.2. The SMILES string of the molecule is Cc1ccc([N+](=O)[O-])cc1C(=O)Nc1cc(S(=O)(=O)O)cc2cc(S(=O)(=O)O)cc(S(=O)(=O)O)c12. The van der Waals surface area contributed by atoms with E-state index in [9.17, 15) is 53.8 Å². The smallest absolute Gasteiger partial charge is 0.295 e. The first-order valence-corrected chi connectivity index (χ1v) is 13.3. The van der Waals surface area contributed by atoms with Gasteiger partial charge in [-0.05, 0) is 42.1 Å². The summed E-state index contributed by atoms with van der Waals surface area (Å²) in [4.78, 5) is 20.1. The number of benzene rings is 3. The second kappa shape index (κ2) is 8.63. The van der Waals surface area contributed by atoms with Crippen LogP contribution in [0.4, 0.5) is 11.4 Å². The normalized spacial score (nSPS) is 12.5. The Balaban J connectivity index is 2.39. The standard InChI is InChI=1S/C18H14N2O12S3/c1-9-2-3-11(20(22)23)6-14(9)18(21)19-15-7-12(33(24,25)26)4-10-5-13(34(27,28)29)8-16(17(10)15)35(30,31)32/h2-8H,1H3,(H,19,21)(H,24,25,26)(H,27,28,29)(H,30,31,32). The quantitative estimate of drug-likeness (QED) is 0.197. The average Bonchev–Trinajstić information content (AvgIpc) is 2.70. The monoisotopic (exact) mass is 546 g/mol. The fourth-order valence-corrected chi connectivity index (χ4v) is 5.10. The molecule has 0 radical (unpaired) electrons. The van der Waals surface area contributed by atoms with Crippen molar-refractivity contribution in [2.24, 2.45) is 0 Å². The van der Waals surface area contributed by atoms with E-state index in [1.54, 1.807) is 0 Å². The van der Waals surface area contributed by atoms with Crippen LogP contribution in [0.3, 0.4) is 0 Å². The number of nitrogens with zero attached hydrogens (tertiary/aromatic N) is 1. The molecule has 0 aliphatic heterocycles. The number of carbonyl (C=O) groups is 1. The number of hydrogen-bond acceptors (Lipinski definition) is 9. The van der Waals surface area contributed by atoms with Crippen molar-refractivity contribution < 1.29 is 48.6 Å². The van der Waals surface area contributed by atoms with E-state index in [2.05, 4.69) is 5.32 Å². The molecule has 0 bridgehead atoms. The number of nitro benzene ring substituents is 1. The summed E-state index contributed by atoms with van der Waals surface area (Å²) in [5, 5.41) is 12.1. The molecule has 0 aliphatic carbocycles. The molecule has 3 aromatic rings. The molecule has 0 fully saturated rings. The van der Waals surface area contributed by atoms with Gasteiger partial charge in [0.1, 0.15) is 4.90 Å². The number of non-ortho nitro benzene ring substituents is 1. The van der Waals surface area contributed by atoms with E-state index in [1.807, 2.05) is 0 Å². The molecule has 0 atom stereocenters. The molecular weight excluding hydrogens is 532 g/mol. The second-order valence-electron chi connectivity index (χ2n) is 7.13. The van der Waals surface area contributed by atoms with Gasteiger partial charge in [0.25, 0.3) is 41.9 Å². The summed E-state index contributed by atoms with van der Waals surface area (Å²) >= 11 is 0. The number of carbonyl (C=O) groups excluding carboxylic acids is 1. The van der Waals surface area contributed by atoms with E-state index in [-0.39, 0.29) is 11.1 Å². The Morgan fingerprint density at radius 3 is 1.89 bits per heavy atom. The largest absolute Gasteiger partial charge is 0.321 e. The number of amides is 1. The Morgan fingerprint density at radius 2 is 1.40 bits per heavy atom. The summed E-state index contributed by atoms with van der Waals surface area (Å²) in [5.41, 5.74) is -1.10. The molecular formula is C18H14N2O12S3. The molecule has 0 saturated heterocycles. The lowest BCUT2D eigenvalue weighted by Gasteiger charge is -2.15. The first kappa shape index (κ1) is 26.1. The average molecular weight is 547 g/mol. The lowest BCUT2D eigenvalue weighted by molar-refractivity contribution is -0.384. The summed E-state index contributed by atoms with van der Waals surface area (Å²) in [5.74, 6) is -1.07. The van der Waals surface area contributed by atoms with Crippen LogP contribution in [0.1, 0.15) is 15.9 Å². The van der Waals surface area contributed by atoms with Crippen LogP contribution in [-0.2, 0) is 30.4 Å². The number of hydrogen-bond donors (Lipinski definition) is 4. The van der Waals surface area contributed by atoms with Crippen LogP contribution in [0.25, 0.3) is 10.8 Å². The third kappa shape index (κ3) is 5.45. The maximum atomic E-state index is 12.9. The van der Waals surface area contributed by atoms with E-state index >= 15 is 0 Å². The molecule has 0 aliphatic rings. The lowest BCUT2D eigenvalue weighted by atomic mass is 10.1. The second-order valence-corrected chi connectivity index (χ2v) is 11.4. The topological polar surface area (TPSA) is 235 Å². The van der Waals surface area contributed by atoms with Crippen molar-refractivity contribution in [2.45, 2.75) is 21.6 Å². The highest BCUT2D eigenvalue weighted by Crippen LogP contribution is 2.36. The van der Waals surface area contributed by atoms with Crippen molar-refractivity contribution >= 4 is 58.4 Å². The molecule has 3 aromatic carbocycles. The summed E-state index contributed by atoms with van der Waals surface area (Å²) in [6, 6.07) is 5.55. The van der Waals surface area contributed by atoms with Gasteiger partial charge in [-0.2, -0.15) is 25.3 Å². The molecule has 0 spiro atoms. The van der Waals surface area contributed by atoms with Gasteiger partial charge >= 0.3 is 0 Å². The zero-order chi connectivity index (χ0) is 26.5. The fraction of sp³-hybridized carbons (Fsp3) is 0.0556. The van der Waals surface area contributed by atoms with Crippen LogP contribution in [0.2, 0.25) is 0 Å². The van der Waals surface area contributed by atoms with Crippen molar-refractivity contribution in [3.63, 3.8) is 0 Å². The first-order chi connectivity index (χ1) is 15.9. The van der Waals surface area contributed by atoms with Crippen molar-refractivity contribution in [3.05, 3.63) is 63.7 Å². The maximum Gasteiger partial charge on any atom is 0.295 e. The van der Waals surface area contributed by atoms with E-state index in [0.717, 1.165) is 12.1 Å². The van der Waals surface area contributed by atoms with E-state index < -0.39 is 78.0 Å². The molecule has 0 unspecified atom stereocenters. The minimum atomic E-state index is -5.24. The van der Waals surface area contributed by atoms with Gasteiger partial charge in [0.05, 0.1) is 20.4 Å². The fourth-order valence-electron chi connectivity index (χ4n) is 3.18. The number of aryl methyl sites for hydroxylation is 1. The molecule has 35 heavy (non-hydrogen) atoms. The first-order valence-electron chi connectivity index (χ1n) is 9.00. The van der Waals surface area contributed by atoms with Crippen LogP contribution in [0.15, 0.2) is 57.2 Å². The predicted octanol–water partition coefficient (Wildman–Crippen LogP) is 2.05. The van der Waals surface area contributed by atoms with Crippen molar-refractivity contribution in [1.29, 1.82) is 0 Å². The van der Waals surface area contributed by atoms with Gasteiger partial charge in [-0.3, -0.25) is 28.6 Å². The molecule has 0 heterocycles. The van der Waals surface area contributed by atoms with Gasteiger partial charge in [0, 0.05) is 23.1 Å². The highest BCUT2D eigenvalue weighted by atomic mass is 32.2. The third-order valence-electron chi connectivity index (χ3n) is 4.76. The Bertz CT molecular complexity index is 1740. The van der Waals surface area contributed by atoms with Crippen molar-refractivity contribution in [3.8, 4) is 0 Å². The van der Waals surface area contributed by atoms with Gasteiger partial charge in [0.15, 0.2) is 0 Å². The minimum absolute atomic E-state index is 0.243. The van der Waals surface area contributed by atoms with Gasteiger partial charge in [-0.25, -0.2) is 0 Å². The van der Waals surface area contributed by atoms with Gasteiger partial charge in [-0.1, -0.05) is 6.07 Å². The lowest BCUT2D eigenvalue weighted by Crippen LogP contribution is -2.15. The number of fused-ring (bicyclic) bond motifs is 1. The predicted molar refractivity (Wildman–Crippen MR) is 119 cm³/mol. The zero-order valence-corrected chi connectivity index (χ0v) is 19.7. The number of anilines is 1. The van der Waals surface area contributed by atoms with Gasteiger partial charge in [0.2, 0.25) is 0 Å². The molecule has 186 valence electrons. The van der Waals surface area contributed by atoms with Crippen LogP contribution in [0, 0.1) is 17.0 Å². The summed E-state index contributed by atoms with van der Waals surface area (Å²) in [7, 11) is -15.3. The highest BCUT2D eigenvalue weighted by Gasteiger charge is 2.26. The number of rotatable bonds is 6. The van der Waals surface area contributed by atoms with Crippen molar-refractivity contribution in [1.82, 2.24) is 0 Å². The Kier molecular flexibility index (Phi) is 6.44. The zero-order valence-electron chi connectivity index (χ0n) is 17.2. The molecule has 0 saturated carbocycles. The van der Waals surface area contributed by atoms with Gasteiger partial charge in [-0.15, -0.1) is 0 Å².